The molecule has 1 aliphatic heterocycles. The lowest BCUT2D eigenvalue weighted by molar-refractivity contribution is -0.0233. The van der Waals surface area contributed by atoms with Gasteiger partial charge in [-0.05, 0) is 19.3 Å². The van der Waals surface area contributed by atoms with Crippen molar-refractivity contribution < 1.29 is 17.7 Å². The van der Waals surface area contributed by atoms with Crippen molar-refractivity contribution in [2.24, 2.45) is 0 Å². The largest absolute Gasteiger partial charge is 0.374 e. The van der Waals surface area contributed by atoms with Gasteiger partial charge in [0.2, 0.25) is 0 Å². The quantitative estimate of drug-likeness (QED) is 0.678. The van der Waals surface area contributed by atoms with Crippen LogP contribution in [0.25, 0.3) is 0 Å². The van der Waals surface area contributed by atoms with Crippen LogP contribution in [0.5, 0.6) is 0 Å². The van der Waals surface area contributed by atoms with Gasteiger partial charge in [-0.3, -0.25) is 4.55 Å². The second-order valence-electron chi connectivity index (χ2n) is 4.27. The summed E-state index contributed by atoms with van der Waals surface area (Å²) < 4.78 is 37.1. The van der Waals surface area contributed by atoms with Gasteiger partial charge in [0.1, 0.15) is 5.25 Å². The predicted molar refractivity (Wildman–Crippen MR) is 51.7 cm³/mol. The maximum Gasteiger partial charge on any atom is 0.270 e. The van der Waals surface area contributed by atoms with Crippen LogP contribution in [-0.2, 0) is 14.9 Å². The van der Waals surface area contributed by atoms with E-state index in [1.54, 1.807) is 0 Å². The molecule has 14 heavy (non-hydrogen) atoms. The Balaban J connectivity index is 2.24. The molecule has 2 rings (SSSR count). The van der Waals surface area contributed by atoms with Crippen molar-refractivity contribution >= 4 is 10.1 Å². The second kappa shape index (κ2) is 3.47. The van der Waals surface area contributed by atoms with E-state index in [0.717, 1.165) is 32.1 Å². The third-order valence-electron chi connectivity index (χ3n) is 3.42. The summed E-state index contributed by atoms with van der Waals surface area (Å²) in [7, 11) is -3.94. The Bertz CT molecular complexity index is 303. The Labute approximate surface area is 84.4 Å². The summed E-state index contributed by atoms with van der Waals surface area (Å²) in [6.45, 7) is 0.463. The molecule has 1 aliphatic carbocycles. The fourth-order valence-electron chi connectivity index (χ4n) is 2.76. The molecule has 1 N–H and O–H groups in total. The Morgan fingerprint density at radius 1 is 1.21 bits per heavy atom. The van der Waals surface area contributed by atoms with E-state index in [2.05, 4.69) is 0 Å². The highest BCUT2D eigenvalue weighted by Crippen LogP contribution is 2.42. The van der Waals surface area contributed by atoms with Crippen molar-refractivity contribution in [3.8, 4) is 0 Å². The minimum atomic E-state index is -3.94. The summed E-state index contributed by atoms with van der Waals surface area (Å²) in [5, 5.41) is -0.685. The fraction of sp³-hybridized carbons (Fsp3) is 1.00. The molecule has 0 aromatic heterocycles. The van der Waals surface area contributed by atoms with Crippen LogP contribution in [0.1, 0.15) is 38.5 Å². The van der Waals surface area contributed by atoms with Crippen LogP contribution in [0.4, 0.5) is 0 Å². The van der Waals surface area contributed by atoms with Crippen molar-refractivity contribution in [1.82, 2.24) is 0 Å². The van der Waals surface area contributed by atoms with E-state index >= 15 is 0 Å². The zero-order valence-electron chi connectivity index (χ0n) is 8.11. The van der Waals surface area contributed by atoms with Crippen LogP contribution in [0.2, 0.25) is 0 Å². The summed E-state index contributed by atoms with van der Waals surface area (Å²) in [6.07, 6.45) is 5.15. The van der Waals surface area contributed by atoms with E-state index < -0.39 is 21.0 Å². The van der Waals surface area contributed by atoms with Crippen molar-refractivity contribution in [2.45, 2.75) is 49.4 Å². The van der Waals surface area contributed by atoms with Gasteiger partial charge in [-0.1, -0.05) is 19.3 Å². The molecule has 82 valence electrons. The molecule has 1 saturated carbocycles. The Hall–Kier alpha value is -0.130. The Kier molecular flexibility index (Phi) is 2.57. The molecule has 0 radical (unpaired) electrons. The lowest BCUT2D eigenvalue weighted by Crippen LogP contribution is -2.45. The van der Waals surface area contributed by atoms with Gasteiger partial charge in [0.05, 0.1) is 5.60 Å². The lowest BCUT2D eigenvalue weighted by atomic mass is 9.82. The Morgan fingerprint density at radius 3 is 2.43 bits per heavy atom. The first-order chi connectivity index (χ1) is 6.55. The molecule has 5 heteroatoms. The van der Waals surface area contributed by atoms with Crippen molar-refractivity contribution in [2.75, 3.05) is 6.61 Å². The summed E-state index contributed by atoms with van der Waals surface area (Å²) in [5.41, 5.74) is -0.564. The molecule has 2 aliphatic rings. The van der Waals surface area contributed by atoms with E-state index in [4.69, 9.17) is 9.29 Å². The highest BCUT2D eigenvalue weighted by atomic mass is 32.2. The molecule has 2 fully saturated rings. The first-order valence-corrected chi connectivity index (χ1v) is 6.65. The number of hydrogen-bond donors (Lipinski definition) is 1. The van der Waals surface area contributed by atoms with Gasteiger partial charge >= 0.3 is 0 Å². The van der Waals surface area contributed by atoms with Crippen LogP contribution in [0.3, 0.4) is 0 Å². The Morgan fingerprint density at radius 2 is 1.86 bits per heavy atom. The smallest absolute Gasteiger partial charge is 0.270 e. The number of ether oxygens (including phenoxy) is 1. The molecule has 0 aromatic carbocycles. The average molecular weight is 220 g/mol. The third kappa shape index (κ3) is 1.68. The van der Waals surface area contributed by atoms with Crippen LogP contribution in [-0.4, -0.2) is 30.4 Å². The summed E-state index contributed by atoms with van der Waals surface area (Å²) in [6, 6.07) is 0. The van der Waals surface area contributed by atoms with Crippen molar-refractivity contribution in [3.63, 3.8) is 0 Å². The highest BCUT2D eigenvalue weighted by molar-refractivity contribution is 7.86. The first-order valence-electron chi connectivity index (χ1n) is 5.15. The van der Waals surface area contributed by atoms with Crippen molar-refractivity contribution in [3.05, 3.63) is 0 Å². The molecule has 1 saturated heterocycles. The zero-order chi connectivity index (χ0) is 10.2. The minimum absolute atomic E-state index is 0.443. The lowest BCUT2D eigenvalue weighted by Gasteiger charge is -2.36. The maximum absolute atomic E-state index is 11.2. The second-order valence-corrected chi connectivity index (χ2v) is 5.87. The molecule has 1 heterocycles. The van der Waals surface area contributed by atoms with Crippen LogP contribution < -0.4 is 0 Å². The van der Waals surface area contributed by atoms with E-state index in [1.165, 1.54) is 0 Å². The SMILES string of the molecule is O=S(=O)(O)C1CCOC12CCCCC2. The first kappa shape index (κ1) is 10.4. The maximum atomic E-state index is 11.2. The topological polar surface area (TPSA) is 63.6 Å². The van der Waals surface area contributed by atoms with E-state index in [0.29, 0.717) is 13.0 Å². The normalized spacial score (nSPS) is 32.2. The monoisotopic (exact) mass is 220 g/mol. The van der Waals surface area contributed by atoms with Gasteiger partial charge in [-0.15, -0.1) is 0 Å². The third-order valence-corrected chi connectivity index (χ3v) is 4.80. The minimum Gasteiger partial charge on any atom is -0.374 e. The van der Waals surface area contributed by atoms with Crippen molar-refractivity contribution in [1.29, 1.82) is 0 Å². The number of hydrogen-bond acceptors (Lipinski definition) is 3. The summed E-state index contributed by atoms with van der Waals surface area (Å²) in [5.74, 6) is 0. The van der Waals surface area contributed by atoms with Gasteiger partial charge in [0, 0.05) is 6.61 Å². The molecule has 1 spiro atoms. The zero-order valence-corrected chi connectivity index (χ0v) is 8.92. The summed E-state index contributed by atoms with van der Waals surface area (Å²) in [4.78, 5) is 0. The molecule has 0 bridgehead atoms. The van der Waals surface area contributed by atoms with E-state index in [-0.39, 0.29) is 0 Å². The molecular weight excluding hydrogens is 204 g/mol. The van der Waals surface area contributed by atoms with E-state index in [1.807, 2.05) is 0 Å². The highest BCUT2D eigenvalue weighted by Gasteiger charge is 2.50. The standard InChI is InChI=1S/C9H16O4S/c10-14(11,12)8-4-7-13-9(8)5-2-1-3-6-9/h8H,1-7H2,(H,10,11,12). The average Bonchev–Trinajstić information content (AvgIpc) is 2.49. The molecule has 4 nitrogen and oxygen atoms in total. The van der Waals surface area contributed by atoms with E-state index in [9.17, 15) is 8.42 Å². The van der Waals surface area contributed by atoms with Crippen LogP contribution >= 0.6 is 0 Å². The molecule has 0 amide bonds. The number of rotatable bonds is 1. The van der Waals surface area contributed by atoms with Gasteiger partial charge in [-0.2, -0.15) is 8.42 Å². The van der Waals surface area contributed by atoms with Crippen LogP contribution in [0, 0.1) is 0 Å². The molecule has 0 aromatic rings. The molecule has 1 unspecified atom stereocenters. The van der Waals surface area contributed by atoms with Gasteiger partial charge in [-0.25, -0.2) is 0 Å². The van der Waals surface area contributed by atoms with Gasteiger partial charge in [0.25, 0.3) is 10.1 Å². The predicted octanol–water partition coefficient (Wildman–Crippen LogP) is 1.37. The molecule has 1 atom stereocenters. The van der Waals surface area contributed by atoms with Gasteiger partial charge < -0.3 is 4.74 Å². The fourth-order valence-corrected chi connectivity index (χ4v) is 4.00. The summed E-state index contributed by atoms with van der Waals surface area (Å²) >= 11 is 0. The molecular formula is C9H16O4S. The van der Waals surface area contributed by atoms with Crippen LogP contribution in [0.15, 0.2) is 0 Å². The van der Waals surface area contributed by atoms with Gasteiger partial charge in [0.15, 0.2) is 0 Å².